The third-order valence-corrected chi connectivity index (χ3v) is 2.36. The summed E-state index contributed by atoms with van der Waals surface area (Å²) in [5.41, 5.74) is 1.26. The van der Waals surface area contributed by atoms with E-state index in [0.29, 0.717) is 17.5 Å². The molecule has 0 aliphatic heterocycles. The Morgan fingerprint density at radius 2 is 1.94 bits per heavy atom. The summed E-state index contributed by atoms with van der Waals surface area (Å²) >= 11 is 0. The van der Waals surface area contributed by atoms with Crippen LogP contribution in [0, 0.1) is 6.92 Å². The maximum Gasteiger partial charge on any atom is 0.307 e. The Hall–Kier alpha value is -1.84. The average molecular weight is 222 g/mol. The lowest BCUT2D eigenvalue weighted by Crippen LogP contribution is -2.04. The van der Waals surface area contributed by atoms with Gasteiger partial charge in [-0.2, -0.15) is 0 Å². The lowest BCUT2D eigenvalue weighted by molar-refractivity contribution is -0.136. The van der Waals surface area contributed by atoms with Crippen molar-refractivity contribution in [1.29, 1.82) is 0 Å². The molecule has 1 rings (SSSR count). The van der Waals surface area contributed by atoms with Crippen LogP contribution < -0.4 is 0 Å². The van der Waals surface area contributed by atoms with Crippen LogP contribution in [0.3, 0.4) is 0 Å². The van der Waals surface area contributed by atoms with Gasteiger partial charge in [0.25, 0.3) is 0 Å². The van der Waals surface area contributed by atoms with Crippen LogP contribution in [0.5, 0.6) is 5.75 Å². The molecule has 0 amide bonds. The number of phenolic OH excluding ortho intramolecular Hbond substituents is 1. The molecule has 0 aromatic heterocycles. The summed E-state index contributed by atoms with van der Waals surface area (Å²) in [5.74, 6) is -1.14. The molecule has 0 aliphatic carbocycles. The Kier molecular flexibility index (Phi) is 3.66. The highest BCUT2D eigenvalue weighted by atomic mass is 16.4. The summed E-state index contributed by atoms with van der Waals surface area (Å²) < 4.78 is 0. The van der Waals surface area contributed by atoms with Gasteiger partial charge in [-0.05, 0) is 24.6 Å². The second-order valence-corrected chi connectivity index (χ2v) is 3.65. The number of hydrogen-bond acceptors (Lipinski definition) is 3. The molecule has 0 bridgehead atoms. The highest BCUT2D eigenvalue weighted by Crippen LogP contribution is 2.25. The molecule has 0 aliphatic rings. The number of carbonyl (C=O) groups is 2. The van der Waals surface area contributed by atoms with Crippen molar-refractivity contribution in [2.75, 3.05) is 0 Å². The molecule has 0 saturated carbocycles. The number of rotatable bonds is 4. The largest absolute Gasteiger partial charge is 0.507 e. The summed E-state index contributed by atoms with van der Waals surface area (Å²) in [6, 6.07) is 3.02. The van der Waals surface area contributed by atoms with Crippen LogP contribution in [0.25, 0.3) is 0 Å². The monoisotopic (exact) mass is 222 g/mol. The number of aryl methyl sites for hydroxylation is 1. The summed E-state index contributed by atoms with van der Waals surface area (Å²) in [6.07, 6.45) is 0.0776. The summed E-state index contributed by atoms with van der Waals surface area (Å²) in [5, 5.41) is 18.3. The zero-order chi connectivity index (χ0) is 12.3. The van der Waals surface area contributed by atoms with Gasteiger partial charge in [0, 0.05) is 17.5 Å². The van der Waals surface area contributed by atoms with Crippen molar-refractivity contribution >= 4 is 11.8 Å². The minimum Gasteiger partial charge on any atom is -0.507 e. The standard InChI is InChI=1S/C12H14O4/c1-3-10(13)8-4-7(2)12(16)9(5-8)6-11(14)15/h4-5,16H,3,6H2,1-2H3,(H,14,15). The van der Waals surface area contributed by atoms with E-state index in [1.54, 1.807) is 19.9 Å². The molecular formula is C12H14O4. The van der Waals surface area contributed by atoms with E-state index < -0.39 is 5.97 Å². The van der Waals surface area contributed by atoms with Gasteiger partial charge in [-0.25, -0.2) is 0 Å². The fraction of sp³-hybridized carbons (Fsp3) is 0.333. The zero-order valence-corrected chi connectivity index (χ0v) is 9.28. The third kappa shape index (κ3) is 2.59. The molecule has 0 heterocycles. The first-order valence-electron chi connectivity index (χ1n) is 5.03. The summed E-state index contributed by atoms with van der Waals surface area (Å²) in [7, 11) is 0. The van der Waals surface area contributed by atoms with Crippen molar-refractivity contribution in [2.24, 2.45) is 0 Å². The van der Waals surface area contributed by atoms with E-state index in [0.717, 1.165) is 0 Å². The molecule has 0 radical (unpaired) electrons. The molecule has 4 nitrogen and oxygen atoms in total. The van der Waals surface area contributed by atoms with Crippen molar-refractivity contribution in [3.8, 4) is 5.75 Å². The first-order valence-corrected chi connectivity index (χ1v) is 5.03. The Morgan fingerprint density at radius 1 is 1.31 bits per heavy atom. The predicted octanol–water partition coefficient (Wildman–Crippen LogP) is 1.92. The van der Waals surface area contributed by atoms with Crippen LogP contribution in [-0.4, -0.2) is 22.0 Å². The van der Waals surface area contributed by atoms with Crippen LogP contribution in [0.4, 0.5) is 0 Å². The number of aromatic hydroxyl groups is 1. The van der Waals surface area contributed by atoms with E-state index in [9.17, 15) is 14.7 Å². The highest BCUT2D eigenvalue weighted by molar-refractivity contribution is 5.96. The number of carbonyl (C=O) groups excluding carboxylic acids is 1. The topological polar surface area (TPSA) is 74.6 Å². The van der Waals surface area contributed by atoms with Crippen LogP contribution in [0.1, 0.15) is 34.8 Å². The lowest BCUT2D eigenvalue weighted by atomic mass is 9.99. The molecule has 1 aromatic carbocycles. The maximum absolute atomic E-state index is 11.5. The summed E-state index contributed by atoms with van der Waals surface area (Å²) in [4.78, 5) is 22.1. The van der Waals surface area contributed by atoms with Crippen molar-refractivity contribution < 1.29 is 19.8 Å². The molecule has 4 heteroatoms. The number of carboxylic acid groups (broad SMARTS) is 1. The minimum absolute atomic E-state index is 0.0462. The van der Waals surface area contributed by atoms with Gasteiger partial charge in [0.2, 0.25) is 0 Å². The number of carboxylic acids is 1. The first-order chi connectivity index (χ1) is 7.45. The smallest absolute Gasteiger partial charge is 0.307 e. The van der Waals surface area contributed by atoms with Crippen molar-refractivity contribution in [3.05, 3.63) is 28.8 Å². The molecule has 16 heavy (non-hydrogen) atoms. The number of Topliss-reactive ketones (excluding diaryl/α,β-unsaturated/α-hetero) is 1. The number of benzene rings is 1. The Balaban J connectivity index is 3.21. The fourth-order valence-electron chi connectivity index (χ4n) is 1.52. The second kappa shape index (κ2) is 4.79. The maximum atomic E-state index is 11.5. The zero-order valence-electron chi connectivity index (χ0n) is 9.28. The SMILES string of the molecule is CCC(=O)c1cc(C)c(O)c(CC(=O)O)c1. The normalized spacial score (nSPS) is 10.1. The molecule has 0 saturated heterocycles. The molecular weight excluding hydrogens is 208 g/mol. The summed E-state index contributed by atoms with van der Waals surface area (Å²) in [6.45, 7) is 3.38. The predicted molar refractivity (Wildman–Crippen MR) is 58.8 cm³/mol. The van der Waals surface area contributed by atoms with Crippen LogP contribution in [0.15, 0.2) is 12.1 Å². The molecule has 86 valence electrons. The van der Waals surface area contributed by atoms with Gasteiger partial charge in [-0.15, -0.1) is 0 Å². The number of ketones is 1. The Bertz CT molecular complexity index is 435. The van der Waals surface area contributed by atoms with Crippen LogP contribution in [0.2, 0.25) is 0 Å². The van der Waals surface area contributed by atoms with Crippen molar-refractivity contribution in [2.45, 2.75) is 26.7 Å². The van der Waals surface area contributed by atoms with Gasteiger partial charge in [-0.3, -0.25) is 9.59 Å². The van der Waals surface area contributed by atoms with Gasteiger partial charge in [0.05, 0.1) is 6.42 Å². The quantitative estimate of drug-likeness (QED) is 0.763. The lowest BCUT2D eigenvalue weighted by Gasteiger charge is -2.08. The Morgan fingerprint density at radius 3 is 2.44 bits per heavy atom. The first kappa shape index (κ1) is 12.2. The molecule has 0 atom stereocenters. The van der Waals surface area contributed by atoms with E-state index in [1.807, 2.05) is 0 Å². The molecule has 0 unspecified atom stereocenters. The van der Waals surface area contributed by atoms with Crippen LogP contribution >= 0.6 is 0 Å². The molecule has 0 fully saturated rings. The van der Waals surface area contributed by atoms with E-state index in [-0.39, 0.29) is 23.5 Å². The van der Waals surface area contributed by atoms with Crippen LogP contribution in [-0.2, 0) is 11.2 Å². The average Bonchev–Trinajstić information content (AvgIpc) is 2.22. The van der Waals surface area contributed by atoms with Gasteiger partial charge >= 0.3 is 5.97 Å². The third-order valence-electron chi connectivity index (χ3n) is 2.36. The second-order valence-electron chi connectivity index (χ2n) is 3.65. The Labute approximate surface area is 93.5 Å². The fourth-order valence-corrected chi connectivity index (χ4v) is 1.52. The van der Waals surface area contributed by atoms with Gasteiger partial charge in [0.15, 0.2) is 5.78 Å². The number of phenols is 1. The van der Waals surface area contributed by atoms with Gasteiger partial charge in [0.1, 0.15) is 5.75 Å². The van der Waals surface area contributed by atoms with Crippen molar-refractivity contribution in [3.63, 3.8) is 0 Å². The molecule has 0 spiro atoms. The number of aliphatic carboxylic acids is 1. The van der Waals surface area contributed by atoms with E-state index in [1.165, 1.54) is 6.07 Å². The molecule has 1 aromatic rings. The molecule has 2 N–H and O–H groups in total. The van der Waals surface area contributed by atoms with Gasteiger partial charge < -0.3 is 10.2 Å². The van der Waals surface area contributed by atoms with E-state index >= 15 is 0 Å². The highest BCUT2D eigenvalue weighted by Gasteiger charge is 2.13. The van der Waals surface area contributed by atoms with Crippen molar-refractivity contribution in [1.82, 2.24) is 0 Å². The number of hydrogen-bond donors (Lipinski definition) is 2. The van der Waals surface area contributed by atoms with E-state index in [4.69, 9.17) is 5.11 Å². The minimum atomic E-state index is -1.03. The van der Waals surface area contributed by atoms with E-state index in [2.05, 4.69) is 0 Å². The van der Waals surface area contributed by atoms with Gasteiger partial charge in [-0.1, -0.05) is 6.92 Å².